The molecule has 0 aliphatic rings. The molecule has 0 N–H and O–H groups in total. The quantitative estimate of drug-likeness (QED) is 0.505. The van der Waals surface area contributed by atoms with Crippen molar-refractivity contribution < 1.29 is 5.11 Å². The van der Waals surface area contributed by atoms with E-state index in [2.05, 4.69) is 33.9 Å². The average molecular weight is 145 g/mol. The fraction of sp³-hybridized carbons (Fsp3) is 1.00. The second-order valence-electron chi connectivity index (χ2n) is 4.28. The molecule has 55 valence electrons. The molecule has 1 nitrogen and oxygen atoms in total. The maximum Gasteiger partial charge on any atom is 0.0871 e. The third-order valence-corrected chi connectivity index (χ3v) is 7.17. The summed E-state index contributed by atoms with van der Waals surface area (Å²) in [5.74, 6) is 0. The molecule has 0 atom stereocenters. The van der Waals surface area contributed by atoms with Crippen LogP contribution in [-0.2, 0) is 5.11 Å². The molecule has 0 aliphatic heterocycles. The lowest BCUT2D eigenvalue weighted by Gasteiger charge is -2.33. The normalized spacial score (nSPS) is 14.0. The van der Waals surface area contributed by atoms with Crippen molar-refractivity contribution in [3.63, 3.8) is 0 Å². The van der Waals surface area contributed by atoms with Crippen molar-refractivity contribution in [1.29, 1.82) is 0 Å². The minimum Gasteiger partial charge on any atom is -0.241 e. The largest absolute Gasteiger partial charge is 0.241 e. The van der Waals surface area contributed by atoms with Gasteiger partial charge in [0.05, 0.1) is 14.3 Å². The van der Waals surface area contributed by atoms with Gasteiger partial charge < -0.3 is 0 Å². The molecular formula is C7H17OSi. The lowest BCUT2D eigenvalue weighted by atomic mass is 10.2. The van der Waals surface area contributed by atoms with Crippen LogP contribution in [0, 0.1) is 0 Å². The van der Waals surface area contributed by atoms with Gasteiger partial charge in [0.2, 0.25) is 0 Å². The smallest absolute Gasteiger partial charge is 0.0871 e. The predicted molar refractivity (Wildman–Crippen MR) is 42.8 cm³/mol. The van der Waals surface area contributed by atoms with Gasteiger partial charge >= 0.3 is 0 Å². The van der Waals surface area contributed by atoms with Crippen molar-refractivity contribution in [2.75, 3.05) is 6.23 Å². The van der Waals surface area contributed by atoms with Gasteiger partial charge in [-0.05, 0) is 5.04 Å². The molecule has 0 aromatic heterocycles. The first-order chi connectivity index (χ1) is 3.81. The Labute approximate surface area is 59.1 Å². The van der Waals surface area contributed by atoms with Crippen LogP contribution in [0.3, 0.4) is 0 Å². The molecular weight excluding hydrogens is 128 g/mol. The van der Waals surface area contributed by atoms with Crippen LogP contribution in [0.1, 0.15) is 20.8 Å². The van der Waals surface area contributed by atoms with E-state index in [1.807, 2.05) is 0 Å². The van der Waals surface area contributed by atoms with Gasteiger partial charge in [0.15, 0.2) is 0 Å². The minimum absolute atomic E-state index is 0.149. The van der Waals surface area contributed by atoms with E-state index in [4.69, 9.17) is 0 Å². The Morgan fingerprint density at radius 1 is 1.22 bits per heavy atom. The summed E-state index contributed by atoms with van der Waals surface area (Å²) in [6.45, 7) is 10.8. The second-order valence-corrected chi connectivity index (χ2v) is 9.83. The molecule has 0 bridgehead atoms. The number of rotatable bonds is 1. The molecule has 0 heterocycles. The molecule has 0 aromatic rings. The van der Waals surface area contributed by atoms with Crippen molar-refractivity contribution in [2.24, 2.45) is 0 Å². The Hall–Kier alpha value is 0.177. The van der Waals surface area contributed by atoms with E-state index in [0.29, 0.717) is 0 Å². The highest BCUT2D eigenvalue weighted by molar-refractivity contribution is 6.79. The summed E-state index contributed by atoms with van der Waals surface area (Å²) < 4.78 is 0. The molecule has 2 heteroatoms. The van der Waals surface area contributed by atoms with Crippen molar-refractivity contribution in [2.45, 2.75) is 38.9 Å². The van der Waals surface area contributed by atoms with Gasteiger partial charge in [0, 0.05) is 0 Å². The van der Waals surface area contributed by atoms with Gasteiger partial charge in [-0.25, -0.2) is 5.11 Å². The highest BCUT2D eigenvalue weighted by Gasteiger charge is 2.34. The molecule has 0 rings (SSSR count). The van der Waals surface area contributed by atoms with E-state index < -0.39 is 8.07 Å². The highest BCUT2D eigenvalue weighted by atomic mass is 28.3. The Bertz CT molecular complexity index is 91.6. The van der Waals surface area contributed by atoms with Crippen LogP contribution in [0.2, 0.25) is 18.1 Å². The van der Waals surface area contributed by atoms with E-state index in [0.717, 1.165) is 0 Å². The summed E-state index contributed by atoms with van der Waals surface area (Å²) in [4.78, 5) is 0. The standard InChI is InChI=1S/C7H17OSi/c1-7(2,3)9(4,5)6-8/h6H2,1-5H3. The molecule has 0 spiro atoms. The van der Waals surface area contributed by atoms with E-state index in [1.54, 1.807) is 0 Å². The predicted octanol–water partition coefficient (Wildman–Crippen LogP) is 2.46. The van der Waals surface area contributed by atoms with Crippen molar-refractivity contribution in [3.8, 4) is 0 Å². The average Bonchev–Trinajstić information content (AvgIpc) is 1.64. The van der Waals surface area contributed by atoms with Crippen LogP contribution < -0.4 is 0 Å². The zero-order valence-corrected chi connectivity index (χ0v) is 8.12. The first-order valence-electron chi connectivity index (χ1n) is 3.39. The Morgan fingerprint density at radius 2 is 1.56 bits per heavy atom. The van der Waals surface area contributed by atoms with E-state index in [-0.39, 0.29) is 11.3 Å². The van der Waals surface area contributed by atoms with Gasteiger partial charge in [-0.1, -0.05) is 33.9 Å². The maximum atomic E-state index is 10.7. The summed E-state index contributed by atoms with van der Waals surface area (Å²) in [7, 11) is -1.43. The molecule has 0 aliphatic carbocycles. The van der Waals surface area contributed by atoms with E-state index in [1.165, 1.54) is 0 Å². The fourth-order valence-electron chi connectivity index (χ4n) is 0.217. The third-order valence-electron chi connectivity index (χ3n) is 2.39. The Morgan fingerprint density at radius 3 is 1.56 bits per heavy atom. The second kappa shape index (κ2) is 2.43. The van der Waals surface area contributed by atoms with Gasteiger partial charge in [0.25, 0.3) is 0 Å². The Kier molecular flexibility index (Phi) is 2.47. The summed E-state index contributed by atoms with van der Waals surface area (Å²) in [6.07, 6.45) is 0.149. The highest BCUT2D eigenvalue weighted by Crippen LogP contribution is 2.35. The Balaban J connectivity index is 4.14. The fourth-order valence-corrected chi connectivity index (χ4v) is 0.650. The summed E-state index contributed by atoms with van der Waals surface area (Å²) in [6, 6.07) is 0. The van der Waals surface area contributed by atoms with E-state index >= 15 is 0 Å². The van der Waals surface area contributed by atoms with Crippen molar-refractivity contribution in [3.05, 3.63) is 0 Å². The third kappa shape index (κ3) is 2.10. The zero-order chi connectivity index (χ0) is 7.71. The topological polar surface area (TPSA) is 19.9 Å². The summed E-state index contributed by atoms with van der Waals surface area (Å²) >= 11 is 0. The molecule has 0 saturated carbocycles. The van der Waals surface area contributed by atoms with Crippen LogP contribution in [-0.4, -0.2) is 14.3 Å². The lowest BCUT2D eigenvalue weighted by Crippen LogP contribution is -2.40. The number of hydrogen-bond acceptors (Lipinski definition) is 0. The van der Waals surface area contributed by atoms with Crippen molar-refractivity contribution >= 4 is 8.07 Å². The molecule has 0 fully saturated rings. The van der Waals surface area contributed by atoms with Gasteiger partial charge in [-0.3, -0.25) is 0 Å². The van der Waals surface area contributed by atoms with Crippen LogP contribution in [0.4, 0.5) is 0 Å². The first kappa shape index (κ1) is 9.18. The number of hydrogen-bond donors (Lipinski definition) is 0. The van der Waals surface area contributed by atoms with Gasteiger partial charge in [-0.15, -0.1) is 0 Å². The molecule has 0 unspecified atom stereocenters. The zero-order valence-electron chi connectivity index (χ0n) is 7.12. The van der Waals surface area contributed by atoms with Crippen LogP contribution in [0.25, 0.3) is 0 Å². The van der Waals surface area contributed by atoms with Gasteiger partial charge in [0.1, 0.15) is 0 Å². The monoisotopic (exact) mass is 145 g/mol. The van der Waals surface area contributed by atoms with Gasteiger partial charge in [-0.2, -0.15) is 0 Å². The van der Waals surface area contributed by atoms with Crippen LogP contribution in [0.15, 0.2) is 0 Å². The lowest BCUT2D eigenvalue weighted by molar-refractivity contribution is 0.242. The van der Waals surface area contributed by atoms with Crippen LogP contribution in [0.5, 0.6) is 0 Å². The maximum absolute atomic E-state index is 10.7. The van der Waals surface area contributed by atoms with Crippen molar-refractivity contribution in [1.82, 2.24) is 0 Å². The molecule has 9 heavy (non-hydrogen) atoms. The van der Waals surface area contributed by atoms with E-state index in [9.17, 15) is 5.11 Å². The molecule has 1 radical (unpaired) electrons. The molecule has 0 saturated heterocycles. The summed E-state index contributed by atoms with van der Waals surface area (Å²) in [5, 5.41) is 10.9. The molecule has 0 amide bonds. The first-order valence-corrected chi connectivity index (χ1v) is 6.60. The minimum atomic E-state index is -1.43. The summed E-state index contributed by atoms with van der Waals surface area (Å²) in [5.41, 5.74) is 0. The van der Waals surface area contributed by atoms with Crippen LogP contribution >= 0.6 is 0 Å². The molecule has 0 aromatic carbocycles. The SMILES string of the molecule is CC(C)(C)[Si](C)(C)C[O].